The van der Waals surface area contributed by atoms with Gasteiger partial charge in [0, 0.05) is 32.2 Å². The zero-order valence-corrected chi connectivity index (χ0v) is 19.4. The highest BCUT2D eigenvalue weighted by Gasteiger charge is 2.28. The molecule has 10 heteroatoms. The number of nitrogens with one attached hydrogen (secondary N) is 2. The molecule has 1 saturated carbocycles. The molecule has 9 nitrogen and oxygen atoms in total. The molecule has 1 aromatic heterocycles. The second-order valence-corrected chi connectivity index (χ2v) is 10.6. The topological polar surface area (TPSA) is 105 Å². The lowest BCUT2D eigenvalue weighted by molar-refractivity contribution is 0.304. The average molecular weight is 440 g/mol. The fourth-order valence-corrected chi connectivity index (χ4v) is 5.71. The van der Waals surface area contributed by atoms with E-state index in [1.165, 1.54) is 19.3 Å². The highest BCUT2D eigenvalue weighted by Crippen LogP contribution is 2.18. The number of hydrogen-bond donors (Lipinski definition) is 2. The maximum atomic E-state index is 12.3. The van der Waals surface area contributed by atoms with Gasteiger partial charge in [0.15, 0.2) is 11.8 Å². The molecule has 1 aromatic rings. The van der Waals surface area contributed by atoms with Crippen molar-refractivity contribution in [3.8, 4) is 0 Å². The van der Waals surface area contributed by atoms with Gasteiger partial charge in [0.25, 0.3) is 0 Å². The Bertz CT molecular complexity index is 807. The van der Waals surface area contributed by atoms with Crippen LogP contribution in [0.2, 0.25) is 0 Å². The molecule has 2 aliphatic rings. The molecule has 2 heterocycles. The minimum atomic E-state index is -3.11. The lowest BCUT2D eigenvalue weighted by atomic mass is 9.96. The van der Waals surface area contributed by atoms with E-state index in [4.69, 9.17) is 4.99 Å². The molecule has 0 unspecified atom stereocenters. The van der Waals surface area contributed by atoms with Gasteiger partial charge in [-0.15, -0.1) is 10.2 Å². The number of sulfonamides is 1. The third-order valence-electron chi connectivity index (χ3n) is 6.16. The first-order chi connectivity index (χ1) is 14.4. The lowest BCUT2D eigenvalue weighted by Gasteiger charge is -2.33. The van der Waals surface area contributed by atoms with Crippen LogP contribution >= 0.6 is 0 Å². The average Bonchev–Trinajstić information content (AvgIpc) is 3.05. The highest BCUT2D eigenvalue weighted by atomic mass is 32.2. The standard InChI is InChI=1S/C20H37N7O2S/c1-4-14-30(28,29)27-12-10-18(11-13-27)23-20(22-17-8-6-5-7-9-17)21-15-19-25-24-16(2)26(19)3/h17-18H,4-15H2,1-3H3,(H2,21,22,23). The zero-order chi connectivity index (χ0) is 21.6. The fraction of sp³-hybridized carbons (Fsp3) is 0.850. The summed E-state index contributed by atoms with van der Waals surface area (Å²) in [4.78, 5) is 4.79. The molecule has 1 saturated heterocycles. The molecule has 170 valence electrons. The Kier molecular flexibility index (Phi) is 8.10. The van der Waals surface area contributed by atoms with Crippen molar-refractivity contribution in [3.63, 3.8) is 0 Å². The SMILES string of the molecule is CCCS(=O)(=O)N1CCC(NC(=NCc2nnc(C)n2C)NC2CCCCC2)CC1. The molecule has 0 spiro atoms. The molecule has 0 aromatic carbocycles. The number of piperidine rings is 1. The largest absolute Gasteiger partial charge is 0.354 e. The molecule has 30 heavy (non-hydrogen) atoms. The summed E-state index contributed by atoms with van der Waals surface area (Å²) in [5, 5.41) is 15.5. The van der Waals surface area contributed by atoms with Crippen LogP contribution in [0.3, 0.4) is 0 Å². The van der Waals surface area contributed by atoms with Crippen molar-refractivity contribution >= 4 is 16.0 Å². The van der Waals surface area contributed by atoms with Gasteiger partial charge in [0.2, 0.25) is 10.0 Å². The Morgan fingerprint density at radius 2 is 1.70 bits per heavy atom. The molecule has 1 aliphatic heterocycles. The molecule has 2 N–H and O–H groups in total. The summed E-state index contributed by atoms with van der Waals surface area (Å²) in [6.45, 7) is 5.44. The Balaban J connectivity index is 1.62. The normalized spacial score (nSPS) is 20.4. The number of nitrogens with zero attached hydrogens (tertiary/aromatic N) is 5. The van der Waals surface area contributed by atoms with Gasteiger partial charge in [-0.05, 0) is 39.0 Å². The van der Waals surface area contributed by atoms with Crippen molar-refractivity contribution in [2.75, 3.05) is 18.8 Å². The molecule has 3 rings (SSSR count). The van der Waals surface area contributed by atoms with Crippen LogP contribution in [0.15, 0.2) is 4.99 Å². The van der Waals surface area contributed by atoms with E-state index in [1.54, 1.807) is 4.31 Å². The van der Waals surface area contributed by atoms with E-state index < -0.39 is 10.0 Å². The number of rotatable bonds is 7. The predicted molar refractivity (Wildman–Crippen MR) is 119 cm³/mol. The third-order valence-corrected chi connectivity index (χ3v) is 8.23. The molecular weight excluding hydrogens is 402 g/mol. The third kappa shape index (κ3) is 6.16. The van der Waals surface area contributed by atoms with E-state index in [2.05, 4.69) is 20.8 Å². The summed E-state index contributed by atoms with van der Waals surface area (Å²) in [5.74, 6) is 2.74. The van der Waals surface area contributed by atoms with Crippen molar-refractivity contribution in [2.45, 2.75) is 83.8 Å². The fourth-order valence-electron chi connectivity index (χ4n) is 4.17. The van der Waals surface area contributed by atoms with Gasteiger partial charge in [-0.1, -0.05) is 26.2 Å². The molecular formula is C20H37N7O2S. The van der Waals surface area contributed by atoms with Crippen molar-refractivity contribution in [3.05, 3.63) is 11.6 Å². The summed E-state index contributed by atoms with van der Waals surface area (Å²) < 4.78 is 28.2. The maximum absolute atomic E-state index is 12.3. The van der Waals surface area contributed by atoms with Crippen LogP contribution in [0.25, 0.3) is 0 Å². The van der Waals surface area contributed by atoms with Gasteiger partial charge < -0.3 is 15.2 Å². The summed E-state index contributed by atoms with van der Waals surface area (Å²) in [6.07, 6.45) is 8.37. The van der Waals surface area contributed by atoms with Crippen LogP contribution in [0.1, 0.15) is 69.9 Å². The van der Waals surface area contributed by atoms with E-state index >= 15 is 0 Å². The number of aryl methyl sites for hydroxylation is 1. The van der Waals surface area contributed by atoms with Crippen molar-refractivity contribution < 1.29 is 8.42 Å². The Morgan fingerprint density at radius 3 is 2.27 bits per heavy atom. The number of aliphatic imine (C=N–C) groups is 1. The summed E-state index contributed by atoms with van der Waals surface area (Å²) in [6, 6.07) is 0.658. The number of aromatic nitrogens is 3. The van der Waals surface area contributed by atoms with Gasteiger partial charge in [0.05, 0.1) is 5.75 Å². The molecule has 2 fully saturated rings. The van der Waals surface area contributed by atoms with Crippen molar-refractivity contribution in [1.29, 1.82) is 0 Å². The summed E-state index contributed by atoms with van der Waals surface area (Å²) >= 11 is 0. The molecule has 0 amide bonds. The van der Waals surface area contributed by atoms with Crippen LogP contribution in [-0.2, 0) is 23.6 Å². The van der Waals surface area contributed by atoms with Crippen LogP contribution < -0.4 is 10.6 Å². The number of guanidine groups is 1. The maximum Gasteiger partial charge on any atom is 0.214 e. The first-order valence-corrected chi connectivity index (χ1v) is 12.9. The van der Waals surface area contributed by atoms with Gasteiger partial charge in [-0.25, -0.2) is 17.7 Å². The number of hydrogen-bond acceptors (Lipinski definition) is 5. The van der Waals surface area contributed by atoms with Gasteiger partial charge in [-0.3, -0.25) is 0 Å². The van der Waals surface area contributed by atoms with Gasteiger partial charge in [0.1, 0.15) is 12.4 Å². The van der Waals surface area contributed by atoms with Crippen molar-refractivity contribution in [2.24, 2.45) is 12.0 Å². The molecule has 0 radical (unpaired) electrons. The van der Waals surface area contributed by atoms with E-state index in [0.717, 1.165) is 43.3 Å². The minimum absolute atomic E-state index is 0.217. The first kappa shape index (κ1) is 23.0. The zero-order valence-electron chi connectivity index (χ0n) is 18.6. The summed E-state index contributed by atoms with van der Waals surface area (Å²) in [7, 11) is -1.16. The Morgan fingerprint density at radius 1 is 1.07 bits per heavy atom. The molecule has 1 aliphatic carbocycles. The van der Waals surface area contributed by atoms with Gasteiger partial charge in [-0.2, -0.15) is 0 Å². The van der Waals surface area contributed by atoms with E-state index in [9.17, 15) is 8.42 Å². The van der Waals surface area contributed by atoms with Crippen molar-refractivity contribution in [1.82, 2.24) is 29.7 Å². The van der Waals surface area contributed by atoms with Crippen LogP contribution in [0.4, 0.5) is 0 Å². The van der Waals surface area contributed by atoms with E-state index in [0.29, 0.717) is 32.1 Å². The van der Waals surface area contributed by atoms with Gasteiger partial charge >= 0.3 is 0 Å². The molecule has 0 atom stereocenters. The van der Waals surface area contributed by atoms with Crippen LogP contribution in [0.5, 0.6) is 0 Å². The second kappa shape index (κ2) is 10.6. The predicted octanol–water partition coefficient (Wildman–Crippen LogP) is 1.70. The monoisotopic (exact) mass is 439 g/mol. The summed E-state index contributed by atoms with van der Waals surface area (Å²) in [5.41, 5.74) is 0. The molecule has 0 bridgehead atoms. The minimum Gasteiger partial charge on any atom is -0.354 e. The highest BCUT2D eigenvalue weighted by molar-refractivity contribution is 7.89. The lowest BCUT2D eigenvalue weighted by Crippen LogP contribution is -2.52. The smallest absolute Gasteiger partial charge is 0.214 e. The first-order valence-electron chi connectivity index (χ1n) is 11.3. The van der Waals surface area contributed by atoms with E-state index in [1.807, 2.05) is 25.5 Å². The Hall–Kier alpha value is -1.68. The van der Waals surface area contributed by atoms with E-state index in [-0.39, 0.29) is 11.8 Å². The Labute approximate surface area is 180 Å². The second-order valence-electron chi connectivity index (χ2n) is 8.50. The van der Waals surface area contributed by atoms with Crippen LogP contribution in [0, 0.1) is 6.92 Å². The van der Waals surface area contributed by atoms with Crippen LogP contribution in [-0.4, -0.2) is 64.4 Å². The quantitative estimate of drug-likeness (QED) is 0.495.